The van der Waals surface area contributed by atoms with Gasteiger partial charge in [-0.05, 0) is 6.07 Å². The predicted octanol–water partition coefficient (Wildman–Crippen LogP) is 2.94. The summed E-state index contributed by atoms with van der Waals surface area (Å²) in [5.41, 5.74) is -0.245. The summed E-state index contributed by atoms with van der Waals surface area (Å²) in [5.74, 6) is -0.475. The molecule has 1 N–H and O–H groups in total. The number of benzene rings is 1. The summed E-state index contributed by atoms with van der Waals surface area (Å²) in [6.45, 7) is 0. The number of carbonyl (C=O) groups is 1. The summed E-state index contributed by atoms with van der Waals surface area (Å²) in [5, 5.41) is 13.3. The topological polar surface area (TPSA) is 98.0 Å². The first-order valence-corrected chi connectivity index (χ1v) is 5.95. The number of halogens is 2. The zero-order chi connectivity index (χ0) is 14.7. The second kappa shape index (κ2) is 5.81. The van der Waals surface area contributed by atoms with Gasteiger partial charge in [-0.3, -0.25) is 19.9 Å². The third-order valence-corrected chi connectivity index (χ3v) is 2.60. The molecule has 1 amide bonds. The number of anilines is 1. The number of carbonyl (C=O) groups excluding carboxylic acids is 1. The van der Waals surface area contributed by atoms with E-state index in [0.29, 0.717) is 0 Å². The highest BCUT2D eigenvalue weighted by Gasteiger charge is 2.14. The summed E-state index contributed by atoms with van der Waals surface area (Å²) >= 11 is 11.4. The molecule has 0 aliphatic rings. The van der Waals surface area contributed by atoms with Gasteiger partial charge in [-0.15, -0.1) is 0 Å². The van der Waals surface area contributed by atoms with E-state index >= 15 is 0 Å². The van der Waals surface area contributed by atoms with Gasteiger partial charge < -0.3 is 5.32 Å². The van der Waals surface area contributed by atoms with Crippen LogP contribution in [0.2, 0.25) is 10.2 Å². The lowest BCUT2D eigenvalue weighted by Gasteiger charge is -2.04. The van der Waals surface area contributed by atoms with Crippen molar-refractivity contribution in [3.8, 4) is 0 Å². The van der Waals surface area contributed by atoms with Crippen molar-refractivity contribution in [2.24, 2.45) is 0 Å². The van der Waals surface area contributed by atoms with Gasteiger partial charge >= 0.3 is 0 Å². The maximum atomic E-state index is 11.9. The Balaban J connectivity index is 2.27. The van der Waals surface area contributed by atoms with Crippen LogP contribution in [0.3, 0.4) is 0 Å². The van der Waals surface area contributed by atoms with Crippen molar-refractivity contribution in [1.29, 1.82) is 0 Å². The molecule has 1 aromatic heterocycles. The molecule has 0 saturated carbocycles. The van der Waals surface area contributed by atoms with E-state index in [0.717, 1.165) is 12.1 Å². The molecule has 102 valence electrons. The normalized spacial score (nSPS) is 10.1. The van der Waals surface area contributed by atoms with Crippen LogP contribution in [0.4, 0.5) is 11.5 Å². The number of rotatable bonds is 3. The van der Waals surface area contributed by atoms with Crippen LogP contribution in [0.1, 0.15) is 10.4 Å². The molecular formula is C11H6Cl2N4O3. The van der Waals surface area contributed by atoms with Gasteiger partial charge in [0.2, 0.25) is 0 Å². The van der Waals surface area contributed by atoms with Crippen molar-refractivity contribution in [1.82, 2.24) is 9.97 Å². The molecule has 0 aliphatic carbocycles. The molecular weight excluding hydrogens is 307 g/mol. The summed E-state index contributed by atoms with van der Waals surface area (Å²) < 4.78 is 0. The largest absolute Gasteiger partial charge is 0.305 e. The Morgan fingerprint density at radius 2 is 2.00 bits per heavy atom. The van der Waals surface area contributed by atoms with E-state index in [1.54, 1.807) is 0 Å². The molecule has 0 unspecified atom stereocenters. The molecule has 0 fully saturated rings. The first-order valence-electron chi connectivity index (χ1n) is 5.19. The van der Waals surface area contributed by atoms with Crippen molar-refractivity contribution in [3.63, 3.8) is 0 Å². The summed E-state index contributed by atoms with van der Waals surface area (Å²) in [6, 6.07) is 3.57. The zero-order valence-electron chi connectivity index (χ0n) is 9.71. The van der Waals surface area contributed by atoms with Crippen molar-refractivity contribution in [2.45, 2.75) is 0 Å². The van der Waals surface area contributed by atoms with Crippen LogP contribution >= 0.6 is 23.2 Å². The van der Waals surface area contributed by atoms with E-state index < -0.39 is 10.8 Å². The smallest absolute Gasteiger partial charge is 0.271 e. The fourth-order valence-electron chi connectivity index (χ4n) is 1.40. The molecule has 7 nitrogen and oxygen atoms in total. The Bertz CT molecular complexity index is 693. The lowest BCUT2D eigenvalue weighted by Crippen LogP contribution is -2.13. The molecule has 1 aromatic carbocycles. The van der Waals surface area contributed by atoms with Crippen LogP contribution in [-0.2, 0) is 0 Å². The van der Waals surface area contributed by atoms with Crippen LogP contribution in [0.15, 0.2) is 30.6 Å². The lowest BCUT2D eigenvalue weighted by molar-refractivity contribution is -0.384. The Morgan fingerprint density at radius 1 is 1.25 bits per heavy atom. The highest BCUT2D eigenvalue weighted by atomic mass is 35.5. The van der Waals surface area contributed by atoms with Crippen molar-refractivity contribution in [2.75, 3.05) is 5.32 Å². The number of non-ortho nitro benzene ring substituents is 1. The fourth-order valence-corrected chi connectivity index (χ4v) is 1.78. The summed E-state index contributed by atoms with van der Waals surface area (Å²) in [7, 11) is 0. The van der Waals surface area contributed by atoms with Crippen molar-refractivity contribution >= 4 is 40.6 Å². The molecule has 2 aromatic rings. The lowest BCUT2D eigenvalue weighted by atomic mass is 10.2. The number of nitrogens with zero attached hydrogens (tertiary/aromatic N) is 3. The van der Waals surface area contributed by atoms with Gasteiger partial charge in [-0.25, -0.2) is 4.98 Å². The monoisotopic (exact) mass is 312 g/mol. The molecule has 9 heteroatoms. The second-order valence-electron chi connectivity index (χ2n) is 3.64. The van der Waals surface area contributed by atoms with E-state index in [9.17, 15) is 14.9 Å². The van der Waals surface area contributed by atoms with E-state index in [2.05, 4.69) is 15.3 Å². The number of nitro groups is 1. The highest BCUT2D eigenvalue weighted by molar-refractivity contribution is 6.31. The number of amides is 1. The quantitative estimate of drug-likeness (QED) is 0.694. The predicted molar refractivity (Wildman–Crippen MR) is 73.1 cm³/mol. The molecule has 0 aliphatic heterocycles. The SMILES string of the molecule is O=C(Nc1cncc(Cl)n1)c1cc(Cl)cc([N+](=O)[O-])c1. The minimum atomic E-state index is -0.637. The second-order valence-corrected chi connectivity index (χ2v) is 4.46. The van der Waals surface area contributed by atoms with Crippen LogP contribution in [-0.4, -0.2) is 20.8 Å². The van der Waals surface area contributed by atoms with E-state index in [4.69, 9.17) is 23.2 Å². The summed E-state index contributed by atoms with van der Waals surface area (Å²) in [6.07, 6.45) is 2.60. The Hall–Kier alpha value is -2.25. The third kappa shape index (κ3) is 3.40. The average molecular weight is 313 g/mol. The Labute approximate surface area is 122 Å². The molecule has 0 saturated heterocycles. The van der Waals surface area contributed by atoms with Crippen LogP contribution in [0, 0.1) is 10.1 Å². The van der Waals surface area contributed by atoms with E-state index in [1.165, 1.54) is 18.5 Å². The highest BCUT2D eigenvalue weighted by Crippen LogP contribution is 2.21. The first kappa shape index (κ1) is 14.2. The maximum absolute atomic E-state index is 11.9. The van der Waals surface area contributed by atoms with Crippen molar-refractivity contribution < 1.29 is 9.72 Å². The van der Waals surface area contributed by atoms with Crippen LogP contribution in [0.25, 0.3) is 0 Å². The number of hydrogen-bond donors (Lipinski definition) is 1. The maximum Gasteiger partial charge on any atom is 0.271 e. The van der Waals surface area contributed by atoms with Gasteiger partial charge in [-0.2, -0.15) is 0 Å². The molecule has 20 heavy (non-hydrogen) atoms. The molecule has 0 radical (unpaired) electrons. The third-order valence-electron chi connectivity index (χ3n) is 2.20. The minimum absolute atomic E-state index is 0.0333. The van der Waals surface area contributed by atoms with Crippen LogP contribution in [0.5, 0.6) is 0 Å². The standard InChI is InChI=1S/C11H6Cl2N4O3/c12-7-1-6(2-8(3-7)17(19)20)11(18)16-10-5-14-4-9(13)15-10/h1-5H,(H,15,16,18). The van der Waals surface area contributed by atoms with Gasteiger partial charge in [0, 0.05) is 22.7 Å². The van der Waals surface area contributed by atoms with Gasteiger partial charge in [0.15, 0.2) is 5.82 Å². The number of aromatic nitrogens is 2. The Kier molecular flexibility index (Phi) is 4.11. The molecule has 1 heterocycles. The van der Waals surface area contributed by atoms with E-state index in [1.807, 2.05) is 0 Å². The molecule has 2 rings (SSSR count). The average Bonchev–Trinajstić information content (AvgIpc) is 2.37. The molecule has 0 spiro atoms. The van der Waals surface area contributed by atoms with Gasteiger partial charge in [0.05, 0.1) is 17.3 Å². The van der Waals surface area contributed by atoms with Gasteiger partial charge in [0.25, 0.3) is 11.6 Å². The van der Waals surface area contributed by atoms with Crippen LogP contribution < -0.4 is 5.32 Å². The summed E-state index contributed by atoms with van der Waals surface area (Å²) in [4.78, 5) is 29.6. The van der Waals surface area contributed by atoms with Gasteiger partial charge in [-0.1, -0.05) is 23.2 Å². The zero-order valence-corrected chi connectivity index (χ0v) is 11.2. The minimum Gasteiger partial charge on any atom is -0.305 e. The van der Waals surface area contributed by atoms with E-state index in [-0.39, 0.29) is 27.2 Å². The molecule has 0 atom stereocenters. The number of nitrogens with one attached hydrogen (secondary N) is 1. The fraction of sp³-hybridized carbons (Fsp3) is 0. The Morgan fingerprint density at radius 3 is 2.65 bits per heavy atom. The first-order chi connectivity index (χ1) is 9.45. The van der Waals surface area contributed by atoms with Crippen molar-refractivity contribution in [3.05, 3.63) is 56.4 Å². The van der Waals surface area contributed by atoms with Gasteiger partial charge in [0.1, 0.15) is 5.15 Å². The number of hydrogen-bond acceptors (Lipinski definition) is 5. The number of nitro benzene ring substituents is 1. The molecule has 0 bridgehead atoms.